The Morgan fingerprint density at radius 1 is 1.15 bits per heavy atom. The molecule has 0 atom stereocenters. The Bertz CT molecular complexity index is 1030. The first-order valence-electron chi connectivity index (χ1n) is 8.57. The Labute approximate surface area is 156 Å². The third kappa shape index (κ3) is 3.17. The summed E-state index contributed by atoms with van der Waals surface area (Å²) in [6.07, 6.45) is 1.76. The summed E-state index contributed by atoms with van der Waals surface area (Å²) in [4.78, 5) is 11.4. The van der Waals surface area contributed by atoms with Crippen molar-refractivity contribution in [3.8, 4) is 10.4 Å². The number of nitrogens with zero attached hydrogens (tertiary/aromatic N) is 5. The number of thiophene rings is 1. The summed E-state index contributed by atoms with van der Waals surface area (Å²) in [5.74, 6) is 2.49. The van der Waals surface area contributed by atoms with Crippen molar-refractivity contribution in [2.24, 2.45) is 0 Å². The van der Waals surface area contributed by atoms with Crippen LogP contribution in [0.4, 0.5) is 5.82 Å². The Morgan fingerprint density at radius 3 is 2.73 bits per heavy atom. The molecule has 6 nitrogen and oxygen atoms in total. The number of benzene rings is 1. The van der Waals surface area contributed by atoms with Crippen molar-refractivity contribution in [3.05, 3.63) is 54.4 Å². The van der Waals surface area contributed by atoms with E-state index in [2.05, 4.69) is 74.2 Å². The van der Waals surface area contributed by atoms with Crippen LogP contribution >= 0.6 is 11.3 Å². The zero-order valence-electron chi connectivity index (χ0n) is 15.0. The lowest BCUT2D eigenvalue weighted by molar-refractivity contribution is 0.572. The van der Waals surface area contributed by atoms with Gasteiger partial charge in [0.2, 0.25) is 0 Å². The minimum absolute atomic E-state index is 0.319. The summed E-state index contributed by atoms with van der Waals surface area (Å²) in [5, 5.41) is 12.7. The van der Waals surface area contributed by atoms with Crippen LogP contribution in [-0.2, 0) is 6.54 Å². The normalized spacial score (nSPS) is 11.4. The molecule has 0 unspecified atom stereocenters. The van der Waals surface area contributed by atoms with Gasteiger partial charge in [-0.15, -0.1) is 21.5 Å². The SMILES string of the molecule is Cc1nc(NCc2nncn2C(C)C)c2cc(-c3ccccc3)sc2n1. The number of fused-ring (bicyclic) bond motifs is 1. The van der Waals surface area contributed by atoms with Crippen molar-refractivity contribution in [1.82, 2.24) is 24.7 Å². The molecule has 3 aromatic heterocycles. The van der Waals surface area contributed by atoms with E-state index in [-0.39, 0.29) is 0 Å². The molecular weight excluding hydrogens is 344 g/mol. The Kier molecular flexibility index (Phi) is 4.38. The number of hydrogen-bond donors (Lipinski definition) is 1. The molecule has 7 heteroatoms. The molecule has 0 bridgehead atoms. The van der Waals surface area contributed by atoms with Gasteiger partial charge in [-0.3, -0.25) is 0 Å². The fourth-order valence-corrected chi connectivity index (χ4v) is 3.98. The van der Waals surface area contributed by atoms with Gasteiger partial charge in [-0.05, 0) is 32.4 Å². The van der Waals surface area contributed by atoms with Crippen molar-refractivity contribution in [3.63, 3.8) is 0 Å². The highest BCUT2D eigenvalue weighted by Crippen LogP contribution is 2.35. The van der Waals surface area contributed by atoms with Crippen LogP contribution < -0.4 is 5.32 Å². The first-order valence-corrected chi connectivity index (χ1v) is 9.39. The standard InChI is InChI=1S/C19H20N6S/c1-12(2)25-11-21-24-17(25)10-20-18-15-9-16(14-7-5-4-6-8-14)26-19(15)23-13(3)22-18/h4-9,11-12H,10H2,1-3H3,(H,20,22,23). The predicted molar refractivity (Wildman–Crippen MR) is 105 cm³/mol. The summed E-state index contributed by atoms with van der Waals surface area (Å²) in [5.41, 5.74) is 1.19. The van der Waals surface area contributed by atoms with Crippen LogP contribution in [0.15, 0.2) is 42.7 Å². The number of aryl methyl sites for hydroxylation is 1. The van der Waals surface area contributed by atoms with E-state index < -0.39 is 0 Å². The number of anilines is 1. The molecule has 0 aliphatic carbocycles. The molecule has 1 N–H and O–H groups in total. The molecule has 0 radical (unpaired) electrons. The highest BCUT2D eigenvalue weighted by Gasteiger charge is 2.13. The van der Waals surface area contributed by atoms with Crippen LogP contribution in [0.1, 0.15) is 31.5 Å². The van der Waals surface area contributed by atoms with E-state index in [1.54, 1.807) is 17.7 Å². The van der Waals surface area contributed by atoms with E-state index in [0.29, 0.717) is 12.6 Å². The second-order valence-electron chi connectivity index (χ2n) is 6.42. The first-order chi connectivity index (χ1) is 12.6. The van der Waals surface area contributed by atoms with Crippen molar-refractivity contribution < 1.29 is 0 Å². The molecule has 4 rings (SSSR count). The van der Waals surface area contributed by atoms with Gasteiger partial charge in [0.15, 0.2) is 5.82 Å². The van der Waals surface area contributed by atoms with Gasteiger partial charge in [0.05, 0.1) is 11.9 Å². The van der Waals surface area contributed by atoms with Crippen LogP contribution in [0, 0.1) is 6.92 Å². The molecular formula is C19H20N6S. The molecule has 0 amide bonds. The maximum Gasteiger partial charge on any atom is 0.152 e. The fraction of sp³-hybridized carbons (Fsp3) is 0.263. The van der Waals surface area contributed by atoms with E-state index in [0.717, 1.165) is 27.7 Å². The molecule has 0 aliphatic rings. The third-order valence-corrected chi connectivity index (χ3v) is 5.26. The molecule has 4 aromatic rings. The summed E-state index contributed by atoms with van der Waals surface area (Å²) < 4.78 is 2.06. The number of nitrogens with one attached hydrogen (secondary N) is 1. The van der Waals surface area contributed by atoms with E-state index in [9.17, 15) is 0 Å². The Hall–Kier alpha value is -2.80. The summed E-state index contributed by atoms with van der Waals surface area (Å²) >= 11 is 1.69. The molecule has 1 aromatic carbocycles. The number of aromatic nitrogens is 5. The van der Waals surface area contributed by atoms with Gasteiger partial charge in [-0.25, -0.2) is 9.97 Å². The molecule has 26 heavy (non-hydrogen) atoms. The van der Waals surface area contributed by atoms with Gasteiger partial charge < -0.3 is 9.88 Å². The third-order valence-electron chi connectivity index (χ3n) is 4.18. The van der Waals surface area contributed by atoms with Gasteiger partial charge in [0, 0.05) is 10.9 Å². The fourth-order valence-electron chi connectivity index (χ4n) is 2.89. The summed E-state index contributed by atoms with van der Waals surface area (Å²) in [7, 11) is 0. The van der Waals surface area contributed by atoms with Crippen molar-refractivity contribution in [1.29, 1.82) is 0 Å². The second-order valence-corrected chi connectivity index (χ2v) is 7.45. The number of hydrogen-bond acceptors (Lipinski definition) is 6. The van der Waals surface area contributed by atoms with Crippen LogP contribution in [0.25, 0.3) is 20.7 Å². The average molecular weight is 364 g/mol. The quantitative estimate of drug-likeness (QED) is 0.566. The monoisotopic (exact) mass is 364 g/mol. The molecule has 0 saturated heterocycles. The van der Waals surface area contributed by atoms with E-state index >= 15 is 0 Å². The van der Waals surface area contributed by atoms with E-state index in [1.165, 1.54) is 10.4 Å². The second kappa shape index (κ2) is 6.84. The van der Waals surface area contributed by atoms with E-state index in [1.807, 2.05) is 13.0 Å². The topological polar surface area (TPSA) is 68.5 Å². The Morgan fingerprint density at radius 2 is 1.96 bits per heavy atom. The first kappa shape index (κ1) is 16.7. The molecule has 3 heterocycles. The predicted octanol–water partition coefficient (Wildman–Crippen LogP) is 4.45. The van der Waals surface area contributed by atoms with Crippen molar-refractivity contribution in [2.45, 2.75) is 33.4 Å². The lowest BCUT2D eigenvalue weighted by atomic mass is 10.2. The smallest absolute Gasteiger partial charge is 0.152 e. The lowest BCUT2D eigenvalue weighted by Crippen LogP contribution is -2.11. The zero-order valence-corrected chi connectivity index (χ0v) is 15.8. The minimum atomic E-state index is 0.319. The van der Waals surface area contributed by atoms with Crippen LogP contribution in [0.3, 0.4) is 0 Å². The highest BCUT2D eigenvalue weighted by atomic mass is 32.1. The van der Waals surface area contributed by atoms with Crippen LogP contribution in [-0.4, -0.2) is 24.7 Å². The molecule has 132 valence electrons. The minimum Gasteiger partial charge on any atom is -0.362 e. The maximum atomic E-state index is 4.61. The lowest BCUT2D eigenvalue weighted by Gasteiger charge is -2.11. The highest BCUT2D eigenvalue weighted by molar-refractivity contribution is 7.21. The zero-order chi connectivity index (χ0) is 18.1. The van der Waals surface area contributed by atoms with Crippen LogP contribution in [0.2, 0.25) is 0 Å². The number of rotatable bonds is 5. The average Bonchev–Trinajstić information content (AvgIpc) is 3.27. The van der Waals surface area contributed by atoms with Gasteiger partial charge in [0.1, 0.15) is 22.8 Å². The summed E-state index contributed by atoms with van der Waals surface area (Å²) in [6, 6.07) is 12.8. The molecule has 0 fully saturated rings. The van der Waals surface area contributed by atoms with Gasteiger partial charge in [0.25, 0.3) is 0 Å². The molecule has 0 aliphatic heterocycles. The van der Waals surface area contributed by atoms with Gasteiger partial charge in [-0.2, -0.15) is 0 Å². The Balaban J connectivity index is 1.68. The van der Waals surface area contributed by atoms with Gasteiger partial charge in [-0.1, -0.05) is 30.3 Å². The summed E-state index contributed by atoms with van der Waals surface area (Å²) in [6.45, 7) is 6.72. The van der Waals surface area contributed by atoms with Crippen molar-refractivity contribution in [2.75, 3.05) is 5.32 Å². The van der Waals surface area contributed by atoms with Crippen molar-refractivity contribution >= 4 is 27.4 Å². The van der Waals surface area contributed by atoms with E-state index in [4.69, 9.17) is 0 Å². The van der Waals surface area contributed by atoms with Crippen LogP contribution in [0.5, 0.6) is 0 Å². The largest absolute Gasteiger partial charge is 0.362 e. The molecule has 0 spiro atoms. The maximum absolute atomic E-state index is 4.61. The molecule has 0 saturated carbocycles. The van der Waals surface area contributed by atoms with Gasteiger partial charge >= 0.3 is 0 Å².